The third kappa shape index (κ3) is 8.57. The van der Waals surface area contributed by atoms with Gasteiger partial charge in [0.15, 0.2) is 0 Å². The number of alkyl halides is 3. The first kappa shape index (κ1) is 19.5. The van der Waals surface area contributed by atoms with Gasteiger partial charge in [0.2, 0.25) is 0 Å². The molecule has 1 aromatic rings. The summed E-state index contributed by atoms with van der Waals surface area (Å²) in [4.78, 5) is 10.8. The predicted octanol–water partition coefficient (Wildman–Crippen LogP) is 5.75. The van der Waals surface area contributed by atoms with Gasteiger partial charge in [0.1, 0.15) is 5.82 Å². The Morgan fingerprint density at radius 1 is 0.957 bits per heavy atom. The Kier molecular flexibility index (Phi) is 8.06. The molecule has 2 nitrogen and oxygen atoms in total. The molecule has 0 amide bonds. The SMILES string of the molecule is O=C(O)c1ccc(F)c(CCCCCCCCCC(F)(F)F)c1. The van der Waals surface area contributed by atoms with Crippen LogP contribution in [0.15, 0.2) is 18.2 Å². The number of carboxylic acid groups (broad SMARTS) is 1. The molecule has 130 valence electrons. The smallest absolute Gasteiger partial charge is 0.389 e. The molecule has 1 aromatic carbocycles. The topological polar surface area (TPSA) is 37.3 Å². The second-order valence-electron chi connectivity index (χ2n) is 5.70. The molecule has 0 aromatic heterocycles. The molecule has 0 aliphatic heterocycles. The lowest BCUT2D eigenvalue weighted by atomic mass is 10.0. The highest BCUT2D eigenvalue weighted by Crippen LogP contribution is 2.23. The van der Waals surface area contributed by atoms with Gasteiger partial charge in [0.25, 0.3) is 0 Å². The van der Waals surface area contributed by atoms with Crippen molar-refractivity contribution in [2.24, 2.45) is 0 Å². The molecule has 0 aliphatic rings. The molecule has 1 rings (SSSR count). The summed E-state index contributed by atoms with van der Waals surface area (Å²) in [6, 6.07) is 3.76. The van der Waals surface area contributed by atoms with Crippen LogP contribution in [0.1, 0.15) is 67.3 Å². The van der Waals surface area contributed by atoms with Crippen LogP contribution in [0.25, 0.3) is 0 Å². The average molecular weight is 334 g/mol. The van der Waals surface area contributed by atoms with Gasteiger partial charge in [-0.2, -0.15) is 13.2 Å². The van der Waals surface area contributed by atoms with Crippen LogP contribution in [-0.4, -0.2) is 17.3 Å². The molecule has 0 saturated heterocycles. The van der Waals surface area contributed by atoms with E-state index in [4.69, 9.17) is 5.11 Å². The number of carboxylic acids is 1. The van der Waals surface area contributed by atoms with Gasteiger partial charge in [-0.1, -0.05) is 32.1 Å². The van der Waals surface area contributed by atoms with Gasteiger partial charge in [0, 0.05) is 6.42 Å². The normalized spacial score (nSPS) is 11.7. The summed E-state index contributed by atoms with van der Waals surface area (Å²) in [5.41, 5.74) is 0.473. The van der Waals surface area contributed by atoms with E-state index >= 15 is 0 Å². The maximum atomic E-state index is 13.6. The van der Waals surface area contributed by atoms with Gasteiger partial charge in [-0.05, 0) is 43.0 Å². The molecule has 0 radical (unpaired) electrons. The first-order valence-corrected chi connectivity index (χ1v) is 7.88. The lowest BCUT2D eigenvalue weighted by Gasteiger charge is -2.06. The summed E-state index contributed by atoms with van der Waals surface area (Å²) >= 11 is 0. The van der Waals surface area contributed by atoms with Crippen LogP contribution in [0.2, 0.25) is 0 Å². The lowest BCUT2D eigenvalue weighted by Crippen LogP contribution is -2.06. The highest BCUT2D eigenvalue weighted by atomic mass is 19.4. The minimum absolute atomic E-state index is 0.0751. The lowest BCUT2D eigenvalue weighted by molar-refractivity contribution is -0.135. The molecule has 0 heterocycles. The minimum atomic E-state index is -4.06. The second-order valence-corrected chi connectivity index (χ2v) is 5.70. The Bertz CT molecular complexity index is 498. The number of aromatic carboxylic acids is 1. The van der Waals surface area contributed by atoms with E-state index in [9.17, 15) is 22.4 Å². The van der Waals surface area contributed by atoms with Crippen molar-refractivity contribution in [2.75, 3.05) is 0 Å². The van der Waals surface area contributed by atoms with Gasteiger partial charge < -0.3 is 5.11 Å². The van der Waals surface area contributed by atoms with Crippen molar-refractivity contribution < 1.29 is 27.5 Å². The average Bonchev–Trinajstić information content (AvgIpc) is 2.45. The molecule has 23 heavy (non-hydrogen) atoms. The van der Waals surface area contributed by atoms with Gasteiger partial charge in [-0.3, -0.25) is 0 Å². The zero-order valence-corrected chi connectivity index (χ0v) is 13.0. The third-order valence-electron chi connectivity index (χ3n) is 3.70. The van der Waals surface area contributed by atoms with Crippen molar-refractivity contribution in [1.29, 1.82) is 0 Å². The zero-order chi connectivity index (χ0) is 17.3. The molecule has 0 atom stereocenters. The highest BCUT2D eigenvalue weighted by Gasteiger charge is 2.25. The van der Waals surface area contributed by atoms with E-state index in [1.165, 1.54) is 18.2 Å². The molecule has 1 N–H and O–H groups in total. The Balaban J connectivity index is 2.14. The van der Waals surface area contributed by atoms with E-state index in [0.717, 1.165) is 32.1 Å². The minimum Gasteiger partial charge on any atom is -0.478 e. The largest absolute Gasteiger partial charge is 0.478 e. The molecular formula is C17H22F4O2. The molecule has 0 bridgehead atoms. The van der Waals surface area contributed by atoms with Crippen LogP contribution >= 0.6 is 0 Å². The standard InChI is InChI=1S/C17H22F4O2/c18-15-10-9-14(16(22)23)12-13(15)8-6-4-2-1-3-5-7-11-17(19,20)21/h9-10,12H,1-8,11H2,(H,22,23). The fourth-order valence-electron chi connectivity index (χ4n) is 2.42. The predicted molar refractivity (Wildman–Crippen MR) is 80.1 cm³/mol. The van der Waals surface area contributed by atoms with Crippen molar-refractivity contribution in [3.8, 4) is 0 Å². The van der Waals surface area contributed by atoms with Crippen LogP contribution in [-0.2, 0) is 6.42 Å². The Morgan fingerprint density at radius 2 is 1.52 bits per heavy atom. The molecule has 0 saturated carbocycles. The fraction of sp³-hybridized carbons (Fsp3) is 0.588. The molecule has 6 heteroatoms. The molecule has 0 aliphatic carbocycles. The number of hydrogen-bond donors (Lipinski definition) is 1. The van der Waals surface area contributed by atoms with Crippen LogP contribution in [0.3, 0.4) is 0 Å². The Morgan fingerprint density at radius 3 is 2.09 bits per heavy atom. The van der Waals surface area contributed by atoms with Gasteiger partial charge in [0.05, 0.1) is 5.56 Å². The van der Waals surface area contributed by atoms with E-state index < -0.39 is 24.4 Å². The second kappa shape index (κ2) is 9.53. The summed E-state index contributed by atoms with van der Waals surface area (Å²) in [5.74, 6) is -1.48. The van der Waals surface area contributed by atoms with Crippen molar-refractivity contribution in [2.45, 2.75) is 64.0 Å². The summed E-state index contributed by atoms with van der Waals surface area (Å²) in [7, 11) is 0. The number of unbranched alkanes of at least 4 members (excludes halogenated alkanes) is 6. The monoisotopic (exact) mass is 334 g/mol. The van der Waals surface area contributed by atoms with Crippen LogP contribution in [0.4, 0.5) is 17.6 Å². The maximum Gasteiger partial charge on any atom is 0.389 e. The Hall–Kier alpha value is -1.59. The first-order chi connectivity index (χ1) is 10.8. The van der Waals surface area contributed by atoms with E-state index in [1.54, 1.807) is 0 Å². The Labute approximate surface area is 133 Å². The van der Waals surface area contributed by atoms with Crippen LogP contribution in [0.5, 0.6) is 0 Å². The first-order valence-electron chi connectivity index (χ1n) is 7.88. The van der Waals surface area contributed by atoms with Crippen molar-refractivity contribution >= 4 is 5.97 Å². The van der Waals surface area contributed by atoms with E-state index in [-0.39, 0.29) is 12.0 Å². The van der Waals surface area contributed by atoms with E-state index in [1.807, 2.05) is 0 Å². The molecule has 0 spiro atoms. The maximum absolute atomic E-state index is 13.6. The highest BCUT2D eigenvalue weighted by molar-refractivity contribution is 5.87. The molecule has 0 unspecified atom stereocenters. The summed E-state index contributed by atoms with van der Waals surface area (Å²) in [6.07, 6.45) is 0.590. The van der Waals surface area contributed by atoms with Crippen LogP contribution in [0, 0.1) is 5.82 Å². The van der Waals surface area contributed by atoms with Gasteiger partial charge in [-0.25, -0.2) is 9.18 Å². The number of rotatable bonds is 10. The molecular weight excluding hydrogens is 312 g/mol. The third-order valence-corrected chi connectivity index (χ3v) is 3.70. The molecule has 0 fully saturated rings. The van der Waals surface area contributed by atoms with E-state index in [2.05, 4.69) is 0 Å². The van der Waals surface area contributed by atoms with Gasteiger partial charge >= 0.3 is 12.1 Å². The van der Waals surface area contributed by atoms with Crippen molar-refractivity contribution in [1.82, 2.24) is 0 Å². The zero-order valence-electron chi connectivity index (χ0n) is 13.0. The number of carbonyl (C=O) groups is 1. The van der Waals surface area contributed by atoms with Crippen molar-refractivity contribution in [3.05, 3.63) is 35.1 Å². The summed E-state index contributed by atoms with van der Waals surface area (Å²) < 4.78 is 49.4. The van der Waals surface area contributed by atoms with Crippen LogP contribution < -0.4 is 0 Å². The van der Waals surface area contributed by atoms with E-state index in [0.29, 0.717) is 18.4 Å². The number of halogens is 4. The summed E-state index contributed by atoms with van der Waals surface area (Å²) in [6.45, 7) is 0. The number of benzene rings is 1. The van der Waals surface area contributed by atoms with Crippen molar-refractivity contribution in [3.63, 3.8) is 0 Å². The quantitative estimate of drug-likeness (QED) is 0.437. The summed E-state index contributed by atoms with van der Waals surface area (Å²) in [5, 5.41) is 8.87. The van der Waals surface area contributed by atoms with Gasteiger partial charge in [-0.15, -0.1) is 0 Å². The number of hydrogen-bond acceptors (Lipinski definition) is 1. The number of aryl methyl sites for hydroxylation is 1. The fourth-order valence-corrected chi connectivity index (χ4v) is 2.42.